The number of carbonyl (C=O) groups excluding carboxylic acids is 1. The smallest absolute Gasteiger partial charge is 0.342 e. The Hall–Kier alpha value is -3.91. The minimum atomic E-state index is -4.00. The van der Waals surface area contributed by atoms with Crippen molar-refractivity contribution in [3.05, 3.63) is 78.2 Å². The molecule has 0 amide bonds. The Labute approximate surface area is 190 Å². The maximum Gasteiger partial charge on any atom is 0.342 e. The molecule has 0 saturated heterocycles. The molecule has 0 aliphatic carbocycles. The normalized spacial score (nSPS) is 11.8. The van der Waals surface area contributed by atoms with E-state index in [1.165, 1.54) is 6.07 Å². The first-order chi connectivity index (χ1) is 15.9. The van der Waals surface area contributed by atoms with Crippen molar-refractivity contribution < 1.29 is 22.4 Å². The van der Waals surface area contributed by atoms with Gasteiger partial charge in [-0.25, -0.2) is 13.2 Å². The second-order valence-corrected chi connectivity index (χ2v) is 9.19. The molecule has 0 spiro atoms. The Balaban J connectivity index is 1.73. The number of benzene rings is 3. The van der Waals surface area contributed by atoms with E-state index in [1.54, 1.807) is 44.3 Å². The number of furan rings is 1. The SMILES string of the molecule is CCOC(=O)c1c(C)oc2c1cc(NS(=O)(=O)c1cccc3cccnc13)c1ccccc12. The van der Waals surface area contributed by atoms with Crippen molar-refractivity contribution in [2.75, 3.05) is 11.3 Å². The lowest BCUT2D eigenvalue weighted by atomic mass is 10.0. The fraction of sp³-hybridized carbons (Fsp3) is 0.120. The van der Waals surface area contributed by atoms with Crippen LogP contribution < -0.4 is 4.72 Å². The third-order valence-corrected chi connectivity index (χ3v) is 6.88. The van der Waals surface area contributed by atoms with Gasteiger partial charge in [0.15, 0.2) is 0 Å². The number of sulfonamides is 1. The molecule has 33 heavy (non-hydrogen) atoms. The summed E-state index contributed by atoms with van der Waals surface area (Å²) < 4.78 is 40.7. The molecule has 2 aromatic heterocycles. The van der Waals surface area contributed by atoms with Gasteiger partial charge in [-0.15, -0.1) is 0 Å². The topological polar surface area (TPSA) is 98.5 Å². The van der Waals surface area contributed by atoms with Crippen LogP contribution in [0.5, 0.6) is 0 Å². The van der Waals surface area contributed by atoms with Crippen molar-refractivity contribution in [2.45, 2.75) is 18.7 Å². The summed E-state index contributed by atoms with van der Waals surface area (Å²) in [6, 6.07) is 17.5. The van der Waals surface area contributed by atoms with Gasteiger partial charge in [-0.1, -0.05) is 42.5 Å². The molecule has 5 aromatic rings. The van der Waals surface area contributed by atoms with Crippen LogP contribution in [0.1, 0.15) is 23.0 Å². The minimum Gasteiger partial charge on any atom is -0.462 e. The molecule has 1 N–H and O–H groups in total. The maximum atomic E-state index is 13.5. The lowest BCUT2D eigenvalue weighted by Crippen LogP contribution is -2.14. The average molecular weight is 461 g/mol. The summed E-state index contributed by atoms with van der Waals surface area (Å²) in [4.78, 5) is 16.9. The molecule has 0 aliphatic heterocycles. The predicted molar refractivity (Wildman–Crippen MR) is 127 cm³/mol. The molecule has 5 rings (SSSR count). The number of pyridine rings is 1. The van der Waals surface area contributed by atoms with E-state index >= 15 is 0 Å². The fourth-order valence-corrected chi connectivity index (χ4v) is 5.32. The third kappa shape index (κ3) is 3.48. The summed E-state index contributed by atoms with van der Waals surface area (Å²) in [5.74, 6) is -0.108. The molecule has 0 atom stereocenters. The minimum absolute atomic E-state index is 0.0683. The molecule has 8 heteroatoms. The van der Waals surface area contributed by atoms with Crippen molar-refractivity contribution in [3.63, 3.8) is 0 Å². The fourth-order valence-electron chi connectivity index (χ4n) is 4.07. The van der Waals surface area contributed by atoms with E-state index < -0.39 is 16.0 Å². The number of aromatic nitrogens is 1. The zero-order valence-electron chi connectivity index (χ0n) is 18.0. The van der Waals surface area contributed by atoms with Crippen molar-refractivity contribution in [1.29, 1.82) is 0 Å². The molecule has 0 aliphatic rings. The van der Waals surface area contributed by atoms with Gasteiger partial charge in [0.2, 0.25) is 0 Å². The lowest BCUT2D eigenvalue weighted by Gasteiger charge is -2.13. The van der Waals surface area contributed by atoms with Crippen LogP contribution in [0.25, 0.3) is 32.6 Å². The molecule has 0 saturated carbocycles. The number of aryl methyl sites for hydroxylation is 1. The highest BCUT2D eigenvalue weighted by atomic mass is 32.2. The van der Waals surface area contributed by atoms with E-state index in [1.807, 2.05) is 30.3 Å². The van der Waals surface area contributed by atoms with Crippen LogP contribution >= 0.6 is 0 Å². The highest BCUT2D eigenvalue weighted by Crippen LogP contribution is 2.38. The number of para-hydroxylation sites is 1. The van der Waals surface area contributed by atoms with Crippen LogP contribution in [0, 0.1) is 6.92 Å². The molecule has 0 bridgehead atoms. The van der Waals surface area contributed by atoms with E-state index in [4.69, 9.17) is 9.15 Å². The van der Waals surface area contributed by atoms with Gasteiger partial charge in [0.25, 0.3) is 10.0 Å². The Bertz CT molecular complexity index is 1650. The summed E-state index contributed by atoms with van der Waals surface area (Å²) in [6.45, 7) is 3.63. The summed E-state index contributed by atoms with van der Waals surface area (Å²) in [7, 11) is -4.00. The highest BCUT2D eigenvalue weighted by molar-refractivity contribution is 7.93. The number of fused-ring (bicyclic) bond motifs is 4. The van der Waals surface area contributed by atoms with E-state index in [-0.39, 0.29) is 17.1 Å². The van der Waals surface area contributed by atoms with Crippen LogP contribution in [-0.4, -0.2) is 26.0 Å². The quantitative estimate of drug-likeness (QED) is 0.352. The third-order valence-electron chi connectivity index (χ3n) is 5.48. The van der Waals surface area contributed by atoms with Gasteiger partial charge in [0, 0.05) is 27.7 Å². The standard InChI is InChI=1S/C25H20N2O5S/c1-3-31-25(28)22-15(2)32-24-18-11-5-4-10-17(18)20(14-19(22)24)27-33(29,30)21-12-6-8-16-9-7-13-26-23(16)21/h4-14,27H,3H2,1-2H3. The number of nitrogens with zero attached hydrogens (tertiary/aromatic N) is 1. The first kappa shape index (κ1) is 21.0. The zero-order chi connectivity index (χ0) is 23.2. The molecule has 0 radical (unpaired) electrons. The largest absolute Gasteiger partial charge is 0.462 e. The predicted octanol–water partition coefficient (Wildman–Crippen LogP) is 5.42. The molecule has 166 valence electrons. The number of nitrogens with one attached hydrogen (secondary N) is 1. The van der Waals surface area contributed by atoms with E-state index in [9.17, 15) is 13.2 Å². The van der Waals surface area contributed by atoms with Crippen LogP contribution in [0.3, 0.4) is 0 Å². The first-order valence-electron chi connectivity index (χ1n) is 10.4. The number of ether oxygens (including phenoxy) is 1. The summed E-state index contributed by atoms with van der Waals surface area (Å²) >= 11 is 0. The molecule has 3 aromatic carbocycles. The van der Waals surface area contributed by atoms with Crippen molar-refractivity contribution >= 4 is 54.3 Å². The van der Waals surface area contributed by atoms with Crippen LogP contribution in [0.4, 0.5) is 5.69 Å². The maximum absolute atomic E-state index is 13.5. The second kappa shape index (κ2) is 7.90. The van der Waals surface area contributed by atoms with Gasteiger partial charge in [0.05, 0.1) is 17.8 Å². The molecule has 0 fully saturated rings. The van der Waals surface area contributed by atoms with Crippen molar-refractivity contribution in [3.8, 4) is 0 Å². The van der Waals surface area contributed by atoms with Gasteiger partial charge in [-0.2, -0.15) is 0 Å². The number of esters is 1. The van der Waals surface area contributed by atoms with Gasteiger partial charge < -0.3 is 9.15 Å². The summed E-state index contributed by atoms with van der Waals surface area (Å²) in [5, 5.41) is 2.53. The number of carbonyl (C=O) groups is 1. The van der Waals surface area contributed by atoms with Crippen LogP contribution in [0.15, 0.2) is 76.2 Å². The second-order valence-electron chi connectivity index (χ2n) is 7.54. The van der Waals surface area contributed by atoms with Gasteiger partial charge in [-0.05, 0) is 32.0 Å². The van der Waals surface area contributed by atoms with Crippen molar-refractivity contribution in [1.82, 2.24) is 4.98 Å². The Morgan fingerprint density at radius 2 is 1.79 bits per heavy atom. The van der Waals surface area contributed by atoms with E-state index in [0.29, 0.717) is 38.7 Å². The van der Waals surface area contributed by atoms with E-state index in [2.05, 4.69) is 9.71 Å². The number of anilines is 1. The molecule has 7 nitrogen and oxygen atoms in total. The summed E-state index contributed by atoms with van der Waals surface area (Å²) in [6.07, 6.45) is 1.56. The molecule has 2 heterocycles. The Kier molecular flexibility index (Phi) is 5.02. The van der Waals surface area contributed by atoms with Crippen LogP contribution in [0.2, 0.25) is 0 Å². The zero-order valence-corrected chi connectivity index (χ0v) is 18.8. The number of hydrogen-bond acceptors (Lipinski definition) is 6. The van der Waals surface area contributed by atoms with Crippen LogP contribution in [-0.2, 0) is 14.8 Å². The molecular formula is C25H20N2O5S. The average Bonchev–Trinajstić information content (AvgIpc) is 3.14. The van der Waals surface area contributed by atoms with Gasteiger partial charge >= 0.3 is 5.97 Å². The highest BCUT2D eigenvalue weighted by Gasteiger charge is 2.25. The number of hydrogen-bond donors (Lipinski definition) is 1. The van der Waals surface area contributed by atoms with Gasteiger partial charge in [0.1, 0.15) is 21.8 Å². The molecular weight excluding hydrogens is 440 g/mol. The Morgan fingerprint density at radius 1 is 1.03 bits per heavy atom. The van der Waals surface area contributed by atoms with Crippen molar-refractivity contribution in [2.24, 2.45) is 0 Å². The Morgan fingerprint density at radius 3 is 2.58 bits per heavy atom. The lowest BCUT2D eigenvalue weighted by molar-refractivity contribution is 0.0526. The first-order valence-corrected chi connectivity index (χ1v) is 11.9. The monoisotopic (exact) mass is 460 g/mol. The molecule has 0 unspecified atom stereocenters. The van der Waals surface area contributed by atoms with Gasteiger partial charge in [-0.3, -0.25) is 9.71 Å². The van der Waals surface area contributed by atoms with E-state index in [0.717, 1.165) is 5.39 Å². The number of rotatable bonds is 5. The summed E-state index contributed by atoms with van der Waals surface area (Å²) in [5.41, 5.74) is 1.49.